The highest BCUT2D eigenvalue weighted by atomic mass is 79.9. The molecule has 2 fully saturated rings. The molecule has 22 heavy (non-hydrogen) atoms. The predicted molar refractivity (Wildman–Crippen MR) is 87.9 cm³/mol. The fraction of sp³-hybridized carbons (Fsp3) is 0.467. The van der Waals surface area contributed by atoms with E-state index in [0.717, 1.165) is 48.1 Å². The van der Waals surface area contributed by atoms with Gasteiger partial charge in [-0.05, 0) is 22.9 Å². The molecule has 0 aromatic carbocycles. The molecule has 7 heteroatoms. The largest absolute Gasteiger partial charge is 0.356 e. The van der Waals surface area contributed by atoms with Crippen molar-refractivity contribution in [3.63, 3.8) is 0 Å². The lowest BCUT2D eigenvalue weighted by atomic mass is 10.0. The first-order chi connectivity index (χ1) is 10.7. The summed E-state index contributed by atoms with van der Waals surface area (Å²) in [6.45, 7) is 6.15. The van der Waals surface area contributed by atoms with Crippen LogP contribution in [0.1, 0.15) is 5.69 Å². The Bertz CT molecular complexity index is 662. The number of hydrogen-bond donors (Lipinski definition) is 0. The molecule has 114 valence electrons. The lowest BCUT2D eigenvalue weighted by Gasteiger charge is -2.22. The van der Waals surface area contributed by atoms with Crippen LogP contribution in [0, 0.1) is 18.8 Å². The van der Waals surface area contributed by atoms with E-state index in [0.29, 0.717) is 11.8 Å². The van der Waals surface area contributed by atoms with E-state index in [1.807, 2.05) is 19.3 Å². The lowest BCUT2D eigenvalue weighted by Crippen LogP contribution is -2.30. The van der Waals surface area contributed by atoms with Crippen LogP contribution in [-0.4, -0.2) is 46.1 Å². The number of hydrogen-bond acceptors (Lipinski definition) is 6. The van der Waals surface area contributed by atoms with Crippen molar-refractivity contribution in [2.45, 2.75) is 6.92 Å². The summed E-state index contributed by atoms with van der Waals surface area (Å²) >= 11 is 3.38. The summed E-state index contributed by atoms with van der Waals surface area (Å²) in [6.07, 6.45) is 5.28. The van der Waals surface area contributed by atoms with Crippen molar-refractivity contribution < 1.29 is 0 Å². The smallest absolute Gasteiger partial charge is 0.225 e. The van der Waals surface area contributed by atoms with Gasteiger partial charge in [0.2, 0.25) is 5.95 Å². The quantitative estimate of drug-likeness (QED) is 0.815. The van der Waals surface area contributed by atoms with Crippen LogP contribution < -0.4 is 9.80 Å². The Morgan fingerprint density at radius 1 is 0.955 bits per heavy atom. The average molecular weight is 361 g/mol. The SMILES string of the molecule is Cc1cc(N2CC3CN(c4ncc(Br)cn4)CC3C2)ncn1. The first-order valence-electron chi connectivity index (χ1n) is 7.45. The van der Waals surface area contributed by atoms with E-state index in [9.17, 15) is 0 Å². The van der Waals surface area contributed by atoms with Gasteiger partial charge in [-0.15, -0.1) is 0 Å². The summed E-state index contributed by atoms with van der Waals surface area (Å²) in [5, 5.41) is 0. The Morgan fingerprint density at radius 2 is 1.59 bits per heavy atom. The van der Waals surface area contributed by atoms with Crippen molar-refractivity contribution in [1.29, 1.82) is 0 Å². The second kappa shape index (κ2) is 5.46. The average Bonchev–Trinajstić information content (AvgIpc) is 3.06. The van der Waals surface area contributed by atoms with Crippen LogP contribution in [0.3, 0.4) is 0 Å². The maximum atomic E-state index is 4.41. The molecule has 0 radical (unpaired) electrons. The van der Waals surface area contributed by atoms with E-state index < -0.39 is 0 Å². The first kappa shape index (κ1) is 13.9. The first-order valence-corrected chi connectivity index (χ1v) is 8.24. The highest BCUT2D eigenvalue weighted by Crippen LogP contribution is 2.34. The third-order valence-electron chi connectivity index (χ3n) is 4.49. The van der Waals surface area contributed by atoms with Crippen molar-refractivity contribution >= 4 is 27.7 Å². The lowest BCUT2D eigenvalue weighted by molar-refractivity contribution is 0.533. The molecular weight excluding hydrogens is 344 g/mol. The Kier molecular flexibility index (Phi) is 3.44. The maximum absolute atomic E-state index is 4.41. The normalized spacial score (nSPS) is 23.9. The van der Waals surface area contributed by atoms with Crippen LogP contribution >= 0.6 is 15.9 Å². The van der Waals surface area contributed by atoms with Gasteiger partial charge in [0, 0.05) is 62.2 Å². The minimum atomic E-state index is 0.655. The molecule has 4 rings (SSSR count). The Hall–Kier alpha value is -1.76. The van der Waals surface area contributed by atoms with E-state index in [1.165, 1.54) is 0 Å². The Balaban J connectivity index is 1.45. The number of nitrogens with zero attached hydrogens (tertiary/aromatic N) is 6. The molecule has 0 spiro atoms. The topological polar surface area (TPSA) is 58.0 Å². The van der Waals surface area contributed by atoms with Gasteiger partial charge in [-0.3, -0.25) is 0 Å². The number of halogens is 1. The van der Waals surface area contributed by atoms with E-state index in [1.54, 1.807) is 6.33 Å². The number of rotatable bonds is 2. The van der Waals surface area contributed by atoms with E-state index in [-0.39, 0.29) is 0 Å². The number of fused-ring (bicyclic) bond motifs is 1. The van der Waals surface area contributed by atoms with Gasteiger partial charge in [0.1, 0.15) is 12.1 Å². The van der Waals surface area contributed by atoms with Crippen LogP contribution in [-0.2, 0) is 0 Å². The summed E-state index contributed by atoms with van der Waals surface area (Å²) in [6, 6.07) is 2.07. The molecule has 0 amide bonds. The molecule has 2 atom stereocenters. The van der Waals surface area contributed by atoms with Crippen LogP contribution in [0.5, 0.6) is 0 Å². The molecular formula is C15H17BrN6. The van der Waals surface area contributed by atoms with Crippen LogP contribution in [0.4, 0.5) is 11.8 Å². The van der Waals surface area contributed by atoms with Crippen molar-refractivity contribution in [2.24, 2.45) is 11.8 Å². The van der Waals surface area contributed by atoms with Crippen LogP contribution in [0.15, 0.2) is 29.3 Å². The number of aromatic nitrogens is 4. The monoisotopic (exact) mass is 360 g/mol. The summed E-state index contributed by atoms with van der Waals surface area (Å²) in [5.41, 5.74) is 1.02. The molecule has 0 saturated carbocycles. The van der Waals surface area contributed by atoms with E-state index >= 15 is 0 Å². The van der Waals surface area contributed by atoms with Gasteiger partial charge in [-0.25, -0.2) is 19.9 Å². The maximum Gasteiger partial charge on any atom is 0.225 e. The van der Waals surface area contributed by atoms with Crippen molar-refractivity contribution in [2.75, 3.05) is 36.0 Å². The minimum Gasteiger partial charge on any atom is -0.356 e. The minimum absolute atomic E-state index is 0.655. The zero-order chi connectivity index (χ0) is 15.1. The summed E-state index contributed by atoms with van der Waals surface area (Å²) in [7, 11) is 0. The highest BCUT2D eigenvalue weighted by molar-refractivity contribution is 9.10. The predicted octanol–water partition coefficient (Wildman–Crippen LogP) is 1.91. The van der Waals surface area contributed by atoms with E-state index in [4.69, 9.17) is 0 Å². The summed E-state index contributed by atoms with van der Waals surface area (Å²) in [5.74, 6) is 3.19. The molecule has 4 heterocycles. The molecule has 2 aliphatic heterocycles. The Morgan fingerprint density at radius 3 is 2.23 bits per heavy atom. The summed E-state index contributed by atoms with van der Waals surface area (Å²) < 4.78 is 0.918. The van der Waals surface area contributed by atoms with Crippen LogP contribution in [0.25, 0.3) is 0 Å². The molecule has 0 aliphatic carbocycles. The van der Waals surface area contributed by atoms with E-state index in [2.05, 4.69) is 51.7 Å². The molecule has 0 bridgehead atoms. The van der Waals surface area contributed by atoms with Gasteiger partial charge >= 0.3 is 0 Å². The second-order valence-electron chi connectivity index (χ2n) is 6.05. The number of aryl methyl sites for hydroxylation is 1. The van der Waals surface area contributed by atoms with Gasteiger partial charge in [-0.1, -0.05) is 0 Å². The van der Waals surface area contributed by atoms with Gasteiger partial charge < -0.3 is 9.80 Å². The zero-order valence-corrected chi connectivity index (χ0v) is 13.9. The summed E-state index contributed by atoms with van der Waals surface area (Å²) in [4.78, 5) is 22.1. The standard InChI is InChI=1S/C15H17BrN6/c1-10-2-14(20-9-19-10)21-5-11-7-22(8-12(11)6-21)15-17-3-13(16)4-18-15/h2-4,9,11-12H,5-8H2,1H3. The fourth-order valence-corrected chi connectivity index (χ4v) is 3.63. The van der Waals surface area contributed by atoms with Crippen LogP contribution in [0.2, 0.25) is 0 Å². The molecule has 2 unspecified atom stereocenters. The molecule has 6 nitrogen and oxygen atoms in total. The highest BCUT2D eigenvalue weighted by Gasteiger charge is 2.41. The fourth-order valence-electron chi connectivity index (χ4n) is 3.43. The van der Waals surface area contributed by atoms with Gasteiger partial charge in [0.15, 0.2) is 0 Å². The van der Waals surface area contributed by atoms with Gasteiger partial charge in [0.25, 0.3) is 0 Å². The Labute approximate surface area is 137 Å². The molecule has 0 N–H and O–H groups in total. The van der Waals surface area contributed by atoms with Crippen molar-refractivity contribution in [3.05, 3.63) is 35.0 Å². The van der Waals surface area contributed by atoms with Gasteiger partial charge in [-0.2, -0.15) is 0 Å². The molecule has 2 aliphatic rings. The van der Waals surface area contributed by atoms with Gasteiger partial charge in [0.05, 0.1) is 4.47 Å². The third-order valence-corrected chi connectivity index (χ3v) is 4.90. The van der Waals surface area contributed by atoms with Crippen molar-refractivity contribution in [3.8, 4) is 0 Å². The zero-order valence-electron chi connectivity index (χ0n) is 12.4. The number of anilines is 2. The second-order valence-corrected chi connectivity index (χ2v) is 6.96. The molecule has 2 saturated heterocycles. The van der Waals surface area contributed by atoms with Crippen molar-refractivity contribution in [1.82, 2.24) is 19.9 Å². The third kappa shape index (κ3) is 2.54. The molecule has 2 aromatic rings. The molecule has 2 aromatic heterocycles.